The number of nitrogens with one attached hydrogen (secondary N) is 1. The molecule has 15 heavy (non-hydrogen) atoms. The van der Waals surface area contributed by atoms with Gasteiger partial charge >= 0.3 is 0 Å². The van der Waals surface area contributed by atoms with E-state index in [0.29, 0.717) is 5.69 Å². The van der Waals surface area contributed by atoms with Gasteiger partial charge in [0, 0.05) is 12.4 Å². The van der Waals surface area contributed by atoms with Crippen LogP contribution in [-0.4, -0.2) is 24.1 Å². The largest absolute Gasteiger partial charge is 0.305 e. The smallest absolute Gasteiger partial charge is 0.229 e. The van der Waals surface area contributed by atoms with E-state index in [1.165, 1.54) is 0 Å². The Hall–Kier alpha value is -1.56. The number of hydrogen-bond donors (Lipinski definition) is 1. The zero-order chi connectivity index (χ0) is 11.1. The van der Waals surface area contributed by atoms with Crippen molar-refractivity contribution in [2.45, 2.75) is 6.92 Å². The highest BCUT2D eigenvalue weighted by molar-refractivity contribution is 7.92. The van der Waals surface area contributed by atoms with Gasteiger partial charge in [-0.05, 0) is 19.1 Å². The Balaban J connectivity index is 2.47. The summed E-state index contributed by atoms with van der Waals surface area (Å²) in [7, 11) is -3.22. The molecule has 6 heteroatoms. The number of aryl methyl sites for hydroxylation is 1. The van der Waals surface area contributed by atoms with Crippen molar-refractivity contribution in [2.24, 2.45) is 0 Å². The molecule has 2 aromatic rings. The average molecular weight is 225 g/mol. The molecule has 0 aromatic carbocycles. The quantitative estimate of drug-likeness (QED) is 0.829. The predicted molar refractivity (Wildman–Crippen MR) is 58.4 cm³/mol. The maximum atomic E-state index is 11.0. The zero-order valence-corrected chi connectivity index (χ0v) is 9.25. The summed E-state index contributed by atoms with van der Waals surface area (Å²) in [4.78, 5) is 4.24. The Morgan fingerprint density at radius 3 is 2.73 bits per heavy atom. The molecule has 0 aliphatic carbocycles. The Labute approximate surface area is 87.8 Å². The van der Waals surface area contributed by atoms with E-state index >= 15 is 0 Å². The standard InChI is InChI=1S/C9H11N3O2S/c1-7-5-12-6-8(11-15(2,13)14)3-4-9(12)10-7/h3-6,11H,1-2H3. The molecule has 0 aliphatic rings. The van der Waals surface area contributed by atoms with Crippen molar-refractivity contribution in [3.05, 3.63) is 30.2 Å². The predicted octanol–water partition coefficient (Wildman–Crippen LogP) is 1.01. The van der Waals surface area contributed by atoms with Gasteiger partial charge < -0.3 is 4.40 Å². The van der Waals surface area contributed by atoms with Crippen LogP contribution in [0.25, 0.3) is 5.65 Å². The summed E-state index contributed by atoms with van der Waals surface area (Å²) in [6, 6.07) is 3.45. The third-order valence-electron chi connectivity index (χ3n) is 1.87. The van der Waals surface area contributed by atoms with E-state index in [4.69, 9.17) is 0 Å². The van der Waals surface area contributed by atoms with Crippen LogP contribution < -0.4 is 4.72 Å². The van der Waals surface area contributed by atoms with Crippen LogP contribution in [0.5, 0.6) is 0 Å². The van der Waals surface area contributed by atoms with Gasteiger partial charge in [-0.2, -0.15) is 0 Å². The Bertz CT molecular complexity index is 601. The van der Waals surface area contributed by atoms with E-state index in [2.05, 4.69) is 9.71 Å². The van der Waals surface area contributed by atoms with Gasteiger partial charge in [0.15, 0.2) is 0 Å². The van der Waals surface area contributed by atoms with Gasteiger partial charge in [0.05, 0.1) is 17.6 Å². The van der Waals surface area contributed by atoms with E-state index in [1.807, 2.05) is 13.1 Å². The molecule has 0 saturated carbocycles. The topological polar surface area (TPSA) is 63.5 Å². The fraction of sp³-hybridized carbons (Fsp3) is 0.222. The molecule has 0 spiro atoms. The first-order valence-electron chi connectivity index (χ1n) is 4.37. The van der Waals surface area contributed by atoms with Gasteiger partial charge in [0.1, 0.15) is 5.65 Å². The zero-order valence-electron chi connectivity index (χ0n) is 8.43. The van der Waals surface area contributed by atoms with E-state index in [-0.39, 0.29) is 0 Å². The molecule has 0 unspecified atom stereocenters. The van der Waals surface area contributed by atoms with Gasteiger partial charge in [-0.25, -0.2) is 13.4 Å². The normalized spacial score (nSPS) is 11.9. The summed E-state index contributed by atoms with van der Waals surface area (Å²) < 4.78 is 26.2. The highest BCUT2D eigenvalue weighted by Gasteiger charge is 2.03. The van der Waals surface area contributed by atoms with Crippen LogP contribution in [0.15, 0.2) is 24.5 Å². The molecule has 0 radical (unpaired) electrons. The minimum absolute atomic E-state index is 0.530. The number of imidazole rings is 1. The first-order chi connectivity index (χ1) is 6.94. The maximum absolute atomic E-state index is 11.0. The van der Waals surface area contributed by atoms with Gasteiger partial charge in [-0.3, -0.25) is 4.72 Å². The first-order valence-corrected chi connectivity index (χ1v) is 6.26. The molecule has 0 fully saturated rings. The van der Waals surface area contributed by atoms with Crippen molar-refractivity contribution >= 4 is 21.4 Å². The lowest BCUT2D eigenvalue weighted by Gasteiger charge is -2.03. The van der Waals surface area contributed by atoms with Gasteiger partial charge in [0.2, 0.25) is 10.0 Å². The van der Waals surface area contributed by atoms with E-state index in [1.54, 1.807) is 22.7 Å². The van der Waals surface area contributed by atoms with E-state index in [0.717, 1.165) is 17.6 Å². The van der Waals surface area contributed by atoms with Crippen LogP contribution in [0.4, 0.5) is 5.69 Å². The van der Waals surface area contributed by atoms with Crippen molar-refractivity contribution < 1.29 is 8.42 Å². The average Bonchev–Trinajstić information content (AvgIpc) is 2.40. The Kier molecular flexibility index (Phi) is 2.15. The van der Waals surface area contributed by atoms with Crippen LogP contribution in [0.1, 0.15) is 5.69 Å². The number of sulfonamides is 1. The number of pyridine rings is 1. The lowest BCUT2D eigenvalue weighted by Crippen LogP contribution is -2.09. The number of aromatic nitrogens is 2. The van der Waals surface area contributed by atoms with Crippen molar-refractivity contribution in [1.82, 2.24) is 9.38 Å². The van der Waals surface area contributed by atoms with Gasteiger partial charge in [-0.15, -0.1) is 0 Å². The second-order valence-electron chi connectivity index (χ2n) is 3.44. The highest BCUT2D eigenvalue weighted by Crippen LogP contribution is 2.12. The molecular formula is C9H11N3O2S. The summed E-state index contributed by atoms with van der Waals surface area (Å²) in [6.07, 6.45) is 4.65. The SMILES string of the molecule is Cc1cn2cc(NS(C)(=O)=O)ccc2n1. The van der Waals surface area contributed by atoms with Crippen LogP contribution >= 0.6 is 0 Å². The fourth-order valence-corrected chi connectivity index (χ4v) is 1.94. The van der Waals surface area contributed by atoms with Crippen LogP contribution in [0.3, 0.4) is 0 Å². The summed E-state index contributed by atoms with van der Waals surface area (Å²) in [5.41, 5.74) is 2.22. The minimum atomic E-state index is -3.22. The Morgan fingerprint density at radius 1 is 1.33 bits per heavy atom. The molecule has 0 saturated heterocycles. The van der Waals surface area contributed by atoms with E-state index < -0.39 is 10.0 Å². The molecule has 0 amide bonds. The maximum Gasteiger partial charge on any atom is 0.229 e. The van der Waals surface area contributed by atoms with Crippen LogP contribution in [0, 0.1) is 6.92 Å². The van der Waals surface area contributed by atoms with Crippen molar-refractivity contribution in [1.29, 1.82) is 0 Å². The second-order valence-corrected chi connectivity index (χ2v) is 5.19. The molecule has 1 N–H and O–H groups in total. The molecule has 0 atom stereocenters. The highest BCUT2D eigenvalue weighted by atomic mass is 32.2. The van der Waals surface area contributed by atoms with Gasteiger partial charge in [-0.1, -0.05) is 0 Å². The molecular weight excluding hydrogens is 214 g/mol. The Morgan fingerprint density at radius 2 is 2.07 bits per heavy atom. The monoisotopic (exact) mass is 225 g/mol. The summed E-state index contributed by atoms with van der Waals surface area (Å²) in [5, 5.41) is 0. The summed E-state index contributed by atoms with van der Waals surface area (Å²) in [5.74, 6) is 0. The van der Waals surface area contributed by atoms with Crippen molar-refractivity contribution in [3.63, 3.8) is 0 Å². The lowest BCUT2D eigenvalue weighted by molar-refractivity contribution is 0.607. The number of anilines is 1. The minimum Gasteiger partial charge on any atom is -0.305 e. The van der Waals surface area contributed by atoms with Crippen molar-refractivity contribution in [3.8, 4) is 0 Å². The molecule has 2 heterocycles. The summed E-state index contributed by atoms with van der Waals surface area (Å²) >= 11 is 0. The molecule has 0 aliphatic heterocycles. The van der Waals surface area contributed by atoms with Gasteiger partial charge in [0.25, 0.3) is 0 Å². The number of nitrogens with zero attached hydrogens (tertiary/aromatic N) is 2. The lowest BCUT2D eigenvalue weighted by atomic mass is 10.4. The number of fused-ring (bicyclic) bond motifs is 1. The number of rotatable bonds is 2. The molecule has 2 rings (SSSR count). The van der Waals surface area contributed by atoms with Crippen LogP contribution in [-0.2, 0) is 10.0 Å². The van der Waals surface area contributed by atoms with Crippen LogP contribution in [0.2, 0.25) is 0 Å². The molecule has 2 aromatic heterocycles. The molecule has 5 nitrogen and oxygen atoms in total. The summed E-state index contributed by atoms with van der Waals surface area (Å²) in [6.45, 7) is 1.89. The third kappa shape index (κ3) is 2.27. The van der Waals surface area contributed by atoms with E-state index in [9.17, 15) is 8.42 Å². The molecule has 80 valence electrons. The molecule has 0 bridgehead atoms. The number of hydrogen-bond acceptors (Lipinski definition) is 3. The third-order valence-corrected chi connectivity index (χ3v) is 2.48. The fourth-order valence-electron chi connectivity index (χ4n) is 1.39. The first kappa shape index (κ1) is 9.97. The second kappa shape index (κ2) is 3.23. The van der Waals surface area contributed by atoms with Crippen molar-refractivity contribution in [2.75, 3.05) is 11.0 Å².